The van der Waals surface area contributed by atoms with E-state index in [1.807, 2.05) is 13.1 Å². The Kier molecular flexibility index (Phi) is 1.22. The number of benzene rings is 1. The van der Waals surface area contributed by atoms with Crippen LogP contribution in [0.5, 0.6) is 5.75 Å². The number of aromatic hydroxyl groups is 1. The molecule has 1 aromatic rings. The molecule has 0 aliphatic carbocycles. The van der Waals surface area contributed by atoms with Crippen molar-refractivity contribution in [2.75, 3.05) is 0 Å². The molecular formula is C9H9NO. The van der Waals surface area contributed by atoms with Gasteiger partial charge in [0.15, 0.2) is 0 Å². The van der Waals surface area contributed by atoms with Gasteiger partial charge < -0.3 is 5.11 Å². The zero-order chi connectivity index (χ0) is 7.84. The molecular weight excluding hydrogens is 138 g/mol. The third-order valence-electron chi connectivity index (χ3n) is 1.97. The van der Waals surface area contributed by atoms with Gasteiger partial charge in [0.25, 0.3) is 0 Å². The highest BCUT2D eigenvalue weighted by molar-refractivity contribution is 5.85. The maximum Gasteiger partial charge on any atom is 0.116 e. The van der Waals surface area contributed by atoms with Gasteiger partial charge in [-0.15, -0.1) is 0 Å². The molecule has 0 amide bonds. The molecule has 0 unspecified atom stereocenters. The summed E-state index contributed by atoms with van der Waals surface area (Å²) in [5.41, 5.74) is 3.42. The van der Waals surface area contributed by atoms with E-state index in [9.17, 15) is 5.11 Å². The molecule has 2 nitrogen and oxygen atoms in total. The molecule has 2 heteroatoms. The molecule has 1 N–H and O–H groups in total. The molecule has 0 radical (unpaired) electrons. The largest absolute Gasteiger partial charge is 0.508 e. The number of phenols is 1. The summed E-state index contributed by atoms with van der Waals surface area (Å²) in [6.45, 7) is 2.76. The third-order valence-corrected chi connectivity index (χ3v) is 1.97. The molecule has 0 atom stereocenters. The van der Waals surface area contributed by atoms with Crippen LogP contribution in [0.15, 0.2) is 17.1 Å². The van der Waals surface area contributed by atoms with E-state index in [4.69, 9.17) is 0 Å². The average Bonchev–Trinajstić information content (AvgIpc) is 2.34. The molecule has 0 aromatic heterocycles. The highest BCUT2D eigenvalue weighted by Crippen LogP contribution is 2.23. The minimum atomic E-state index is 0.328. The topological polar surface area (TPSA) is 32.6 Å². The molecule has 0 spiro atoms. The summed E-state index contributed by atoms with van der Waals surface area (Å²) in [5, 5.41) is 9.22. The van der Waals surface area contributed by atoms with Gasteiger partial charge in [0.05, 0.1) is 6.54 Å². The lowest BCUT2D eigenvalue weighted by molar-refractivity contribution is 0.474. The smallest absolute Gasteiger partial charge is 0.116 e. The van der Waals surface area contributed by atoms with Gasteiger partial charge >= 0.3 is 0 Å². The molecule has 0 saturated heterocycles. The average molecular weight is 147 g/mol. The Morgan fingerprint density at radius 1 is 1.45 bits per heavy atom. The summed E-state index contributed by atoms with van der Waals surface area (Å²) in [6.07, 6.45) is 1.81. The molecule has 1 aromatic carbocycles. The van der Waals surface area contributed by atoms with E-state index in [1.54, 1.807) is 12.1 Å². The quantitative estimate of drug-likeness (QED) is 0.594. The first kappa shape index (κ1) is 6.40. The van der Waals surface area contributed by atoms with Gasteiger partial charge in [-0.25, -0.2) is 0 Å². The second-order valence-corrected chi connectivity index (χ2v) is 2.80. The Morgan fingerprint density at radius 3 is 3.09 bits per heavy atom. The summed E-state index contributed by atoms with van der Waals surface area (Å²) in [5.74, 6) is 0.328. The highest BCUT2D eigenvalue weighted by Gasteiger charge is 2.09. The number of aliphatic imine (C=N–C) groups is 1. The fraction of sp³-hybridized carbons (Fsp3) is 0.222. The van der Waals surface area contributed by atoms with Crippen molar-refractivity contribution < 1.29 is 5.11 Å². The maximum absolute atomic E-state index is 9.22. The van der Waals surface area contributed by atoms with Crippen LogP contribution in [0, 0.1) is 6.92 Å². The molecule has 11 heavy (non-hydrogen) atoms. The Bertz CT molecular complexity index is 329. The Labute approximate surface area is 65.2 Å². The molecule has 2 rings (SSSR count). The van der Waals surface area contributed by atoms with Crippen LogP contribution >= 0.6 is 0 Å². The second kappa shape index (κ2) is 2.09. The summed E-state index contributed by atoms with van der Waals surface area (Å²) in [7, 11) is 0. The van der Waals surface area contributed by atoms with Crippen molar-refractivity contribution in [1.29, 1.82) is 0 Å². The number of hydrogen-bond donors (Lipinski definition) is 1. The molecule has 0 fully saturated rings. The van der Waals surface area contributed by atoms with E-state index in [0.29, 0.717) is 5.75 Å². The molecule has 0 saturated carbocycles. The van der Waals surface area contributed by atoms with E-state index in [-0.39, 0.29) is 0 Å². The maximum atomic E-state index is 9.22. The first-order chi connectivity index (χ1) is 5.27. The predicted molar refractivity (Wildman–Crippen MR) is 44.1 cm³/mol. The lowest BCUT2D eigenvalue weighted by atomic mass is 10.0. The minimum absolute atomic E-state index is 0.328. The monoisotopic (exact) mass is 147 g/mol. The van der Waals surface area contributed by atoms with Gasteiger partial charge in [0.2, 0.25) is 0 Å². The molecule has 1 aliphatic rings. The van der Waals surface area contributed by atoms with Crippen LogP contribution in [0.1, 0.15) is 16.7 Å². The third kappa shape index (κ3) is 0.909. The Morgan fingerprint density at radius 2 is 2.27 bits per heavy atom. The zero-order valence-corrected chi connectivity index (χ0v) is 6.33. The Balaban J connectivity index is 2.66. The first-order valence-electron chi connectivity index (χ1n) is 3.59. The first-order valence-corrected chi connectivity index (χ1v) is 3.59. The Hall–Kier alpha value is -1.31. The van der Waals surface area contributed by atoms with Gasteiger partial charge in [-0.05, 0) is 30.2 Å². The van der Waals surface area contributed by atoms with Crippen molar-refractivity contribution in [3.05, 3.63) is 28.8 Å². The summed E-state index contributed by atoms with van der Waals surface area (Å²) in [4.78, 5) is 4.12. The van der Waals surface area contributed by atoms with E-state index in [0.717, 1.165) is 17.7 Å². The van der Waals surface area contributed by atoms with E-state index in [1.165, 1.54) is 5.56 Å². The molecule has 56 valence electrons. The normalized spacial score (nSPS) is 13.5. The van der Waals surface area contributed by atoms with Crippen molar-refractivity contribution in [1.82, 2.24) is 0 Å². The van der Waals surface area contributed by atoms with Gasteiger partial charge in [-0.3, -0.25) is 4.99 Å². The number of rotatable bonds is 0. The van der Waals surface area contributed by atoms with Crippen LogP contribution < -0.4 is 0 Å². The van der Waals surface area contributed by atoms with Gasteiger partial charge in [-0.1, -0.05) is 0 Å². The van der Waals surface area contributed by atoms with Crippen LogP contribution in [-0.4, -0.2) is 11.3 Å². The van der Waals surface area contributed by atoms with Crippen LogP contribution in [0.3, 0.4) is 0 Å². The van der Waals surface area contributed by atoms with Gasteiger partial charge in [0, 0.05) is 11.8 Å². The van der Waals surface area contributed by atoms with Crippen molar-refractivity contribution in [3.8, 4) is 5.75 Å². The summed E-state index contributed by atoms with van der Waals surface area (Å²) in [6, 6.07) is 3.52. The van der Waals surface area contributed by atoms with Crippen LogP contribution in [0.4, 0.5) is 0 Å². The SMILES string of the molecule is Cc1cc(O)cc2c1CN=C2. The fourth-order valence-electron chi connectivity index (χ4n) is 1.39. The number of aryl methyl sites for hydroxylation is 1. The van der Waals surface area contributed by atoms with Crippen molar-refractivity contribution in [2.45, 2.75) is 13.5 Å². The lowest BCUT2D eigenvalue weighted by Gasteiger charge is -2.02. The second-order valence-electron chi connectivity index (χ2n) is 2.80. The van der Waals surface area contributed by atoms with Gasteiger partial charge in [0.1, 0.15) is 5.75 Å². The number of nitrogens with zero attached hydrogens (tertiary/aromatic N) is 1. The van der Waals surface area contributed by atoms with E-state index >= 15 is 0 Å². The summed E-state index contributed by atoms with van der Waals surface area (Å²) >= 11 is 0. The minimum Gasteiger partial charge on any atom is -0.508 e. The molecule has 1 aliphatic heterocycles. The van der Waals surface area contributed by atoms with Crippen molar-refractivity contribution >= 4 is 6.21 Å². The highest BCUT2D eigenvalue weighted by atomic mass is 16.3. The number of fused-ring (bicyclic) bond motifs is 1. The van der Waals surface area contributed by atoms with Crippen molar-refractivity contribution in [2.24, 2.45) is 4.99 Å². The van der Waals surface area contributed by atoms with Crippen LogP contribution in [0.25, 0.3) is 0 Å². The van der Waals surface area contributed by atoms with Crippen LogP contribution in [-0.2, 0) is 6.54 Å². The van der Waals surface area contributed by atoms with E-state index < -0.39 is 0 Å². The predicted octanol–water partition coefficient (Wildman–Crippen LogP) is 1.63. The number of phenolic OH excluding ortho intramolecular Hbond substituents is 1. The van der Waals surface area contributed by atoms with Crippen LogP contribution in [0.2, 0.25) is 0 Å². The number of hydrogen-bond acceptors (Lipinski definition) is 2. The zero-order valence-electron chi connectivity index (χ0n) is 6.33. The summed E-state index contributed by atoms with van der Waals surface area (Å²) < 4.78 is 0. The molecule has 1 heterocycles. The lowest BCUT2D eigenvalue weighted by Crippen LogP contribution is -1.87. The van der Waals surface area contributed by atoms with E-state index in [2.05, 4.69) is 4.99 Å². The van der Waals surface area contributed by atoms with Crippen molar-refractivity contribution in [3.63, 3.8) is 0 Å². The standard InChI is InChI=1S/C9H9NO/c1-6-2-8(11)3-7-4-10-5-9(6)7/h2-4,11H,5H2,1H3. The molecule has 0 bridgehead atoms. The van der Waals surface area contributed by atoms with Gasteiger partial charge in [-0.2, -0.15) is 0 Å². The fourth-order valence-corrected chi connectivity index (χ4v) is 1.39.